The van der Waals surface area contributed by atoms with Gasteiger partial charge in [-0.2, -0.15) is 0 Å². The molecule has 0 bridgehead atoms. The first kappa shape index (κ1) is 14.0. The van der Waals surface area contributed by atoms with Gasteiger partial charge in [0.1, 0.15) is 5.82 Å². The first-order chi connectivity index (χ1) is 11.2. The van der Waals surface area contributed by atoms with Gasteiger partial charge in [-0.25, -0.2) is 9.07 Å². The maximum absolute atomic E-state index is 14.0. The number of halogens is 1. The van der Waals surface area contributed by atoms with Crippen LogP contribution in [-0.2, 0) is 10.2 Å². The zero-order chi connectivity index (χ0) is 15.9. The van der Waals surface area contributed by atoms with Crippen LogP contribution in [0.3, 0.4) is 0 Å². The second-order valence-corrected chi connectivity index (χ2v) is 6.18. The Hall–Kier alpha value is -2.61. The van der Waals surface area contributed by atoms with Crippen molar-refractivity contribution in [2.45, 2.75) is 18.3 Å². The summed E-state index contributed by atoms with van der Waals surface area (Å²) < 4.78 is 19.4. The van der Waals surface area contributed by atoms with Crippen LogP contribution >= 0.6 is 11.5 Å². The molecule has 0 atom stereocenters. The van der Waals surface area contributed by atoms with E-state index in [2.05, 4.69) is 20.0 Å². The highest BCUT2D eigenvalue weighted by Gasteiger charge is 2.52. The lowest BCUT2D eigenvalue weighted by atomic mass is 9.94. The van der Waals surface area contributed by atoms with Crippen molar-refractivity contribution >= 4 is 23.3 Å². The Kier molecular flexibility index (Phi) is 3.19. The fraction of sp³-hybridized carbons (Fsp3) is 0.200. The molecule has 1 fully saturated rings. The van der Waals surface area contributed by atoms with Gasteiger partial charge >= 0.3 is 0 Å². The summed E-state index contributed by atoms with van der Waals surface area (Å²) in [6, 6.07) is 8.11. The molecule has 0 unspecified atom stereocenters. The van der Waals surface area contributed by atoms with Gasteiger partial charge in [0, 0.05) is 29.4 Å². The lowest BCUT2D eigenvalue weighted by molar-refractivity contribution is -0.118. The average molecular weight is 329 g/mol. The second kappa shape index (κ2) is 5.24. The Morgan fingerprint density at radius 1 is 1.30 bits per heavy atom. The van der Waals surface area contributed by atoms with Gasteiger partial charge in [0.2, 0.25) is 5.91 Å². The summed E-state index contributed by atoms with van der Waals surface area (Å²) in [5, 5.41) is 11.5. The van der Waals surface area contributed by atoms with Crippen LogP contribution in [0.5, 0.6) is 0 Å². The molecule has 1 N–H and O–H groups in total. The van der Waals surface area contributed by atoms with Gasteiger partial charge in [0.05, 0.1) is 11.6 Å². The SMILES string of the molecule is O=C(Nc1ccn(-c2cnns2)n1)C1(c2ccccc2F)CC1. The van der Waals surface area contributed by atoms with Crippen LogP contribution in [-0.4, -0.2) is 25.3 Å². The number of hydrogen-bond acceptors (Lipinski definition) is 5. The summed E-state index contributed by atoms with van der Waals surface area (Å²) >= 11 is 1.20. The van der Waals surface area contributed by atoms with Gasteiger partial charge in [0.25, 0.3) is 0 Å². The van der Waals surface area contributed by atoms with Gasteiger partial charge in [-0.15, -0.1) is 10.2 Å². The zero-order valence-corrected chi connectivity index (χ0v) is 12.8. The predicted molar refractivity (Wildman–Crippen MR) is 83.0 cm³/mol. The third kappa shape index (κ3) is 2.40. The monoisotopic (exact) mass is 329 g/mol. The number of nitrogens with zero attached hydrogens (tertiary/aromatic N) is 4. The van der Waals surface area contributed by atoms with E-state index < -0.39 is 5.41 Å². The van der Waals surface area contributed by atoms with Crippen molar-refractivity contribution in [1.29, 1.82) is 0 Å². The number of anilines is 1. The fourth-order valence-electron chi connectivity index (χ4n) is 2.61. The normalized spacial score (nSPS) is 15.3. The Balaban J connectivity index is 1.56. The number of hydrogen-bond donors (Lipinski definition) is 1. The third-order valence-corrected chi connectivity index (χ3v) is 4.64. The Labute approximate surface area is 135 Å². The smallest absolute Gasteiger partial charge is 0.236 e. The lowest BCUT2D eigenvalue weighted by Gasteiger charge is -2.15. The number of aromatic nitrogens is 4. The standard InChI is InChI=1S/C15H12FN5OS/c16-11-4-2-1-3-10(11)15(6-7-15)14(22)18-12-5-8-21(19-12)13-9-17-20-23-13/h1-5,8-9H,6-7H2,(H,18,19,22). The zero-order valence-electron chi connectivity index (χ0n) is 11.9. The molecule has 0 saturated heterocycles. The fourth-order valence-corrected chi connectivity index (χ4v) is 3.06. The van der Waals surface area contributed by atoms with Crippen molar-refractivity contribution in [2.75, 3.05) is 5.32 Å². The quantitative estimate of drug-likeness (QED) is 0.798. The maximum Gasteiger partial charge on any atom is 0.236 e. The summed E-state index contributed by atoms with van der Waals surface area (Å²) in [4.78, 5) is 12.6. The van der Waals surface area contributed by atoms with Crippen LogP contribution in [0, 0.1) is 5.82 Å². The van der Waals surface area contributed by atoms with Crippen molar-refractivity contribution in [2.24, 2.45) is 0 Å². The number of nitrogens with one attached hydrogen (secondary N) is 1. The molecule has 116 valence electrons. The molecule has 6 nitrogen and oxygen atoms in total. The molecule has 8 heteroatoms. The summed E-state index contributed by atoms with van der Waals surface area (Å²) in [6.45, 7) is 0. The van der Waals surface area contributed by atoms with Crippen LogP contribution < -0.4 is 5.32 Å². The molecule has 3 aromatic rings. The first-order valence-electron chi connectivity index (χ1n) is 7.09. The van der Waals surface area contributed by atoms with Gasteiger partial charge in [-0.05, 0) is 18.9 Å². The van der Waals surface area contributed by atoms with Crippen molar-refractivity contribution in [3.8, 4) is 5.00 Å². The van der Waals surface area contributed by atoms with Crippen LogP contribution in [0.2, 0.25) is 0 Å². The Morgan fingerprint density at radius 2 is 2.13 bits per heavy atom. The second-order valence-electron chi connectivity index (χ2n) is 5.42. The molecule has 2 aromatic heterocycles. The van der Waals surface area contributed by atoms with Gasteiger partial charge in [-0.1, -0.05) is 22.7 Å². The van der Waals surface area contributed by atoms with Gasteiger partial charge in [-0.3, -0.25) is 4.79 Å². The largest absolute Gasteiger partial charge is 0.308 e. The van der Waals surface area contributed by atoms with Crippen molar-refractivity contribution in [3.63, 3.8) is 0 Å². The molecule has 2 heterocycles. The molecule has 1 aliphatic rings. The molecule has 1 amide bonds. The van der Waals surface area contributed by atoms with Gasteiger partial charge < -0.3 is 5.32 Å². The first-order valence-corrected chi connectivity index (χ1v) is 7.86. The Bertz CT molecular complexity index is 856. The number of amides is 1. The van der Waals surface area contributed by atoms with E-state index in [0.717, 1.165) is 5.00 Å². The minimum Gasteiger partial charge on any atom is -0.308 e. The van der Waals surface area contributed by atoms with Gasteiger partial charge in [0.15, 0.2) is 10.8 Å². The summed E-state index contributed by atoms with van der Waals surface area (Å²) in [7, 11) is 0. The third-order valence-electron chi connectivity index (χ3n) is 3.98. The molecule has 1 saturated carbocycles. The van der Waals surface area contributed by atoms with E-state index in [1.807, 2.05) is 0 Å². The van der Waals surface area contributed by atoms with E-state index >= 15 is 0 Å². The van der Waals surface area contributed by atoms with Crippen LogP contribution in [0.15, 0.2) is 42.7 Å². The minimum absolute atomic E-state index is 0.227. The molecule has 4 rings (SSSR count). The minimum atomic E-state index is -0.777. The summed E-state index contributed by atoms with van der Waals surface area (Å²) in [5.74, 6) is -0.150. The predicted octanol–water partition coefficient (Wildman–Crippen LogP) is 2.53. The molecular formula is C15H12FN5OS. The highest BCUT2D eigenvalue weighted by molar-refractivity contribution is 7.08. The molecule has 0 radical (unpaired) electrons. The summed E-state index contributed by atoms with van der Waals surface area (Å²) in [5.41, 5.74) is -0.329. The summed E-state index contributed by atoms with van der Waals surface area (Å²) in [6.07, 6.45) is 4.58. The van der Waals surface area contributed by atoms with E-state index in [0.29, 0.717) is 24.2 Å². The van der Waals surface area contributed by atoms with Crippen molar-refractivity contribution in [3.05, 3.63) is 54.1 Å². The van der Waals surface area contributed by atoms with E-state index in [4.69, 9.17) is 0 Å². The topological polar surface area (TPSA) is 72.7 Å². The van der Waals surface area contributed by atoms with E-state index in [1.54, 1.807) is 41.3 Å². The van der Waals surface area contributed by atoms with Crippen molar-refractivity contribution < 1.29 is 9.18 Å². The van der Waals surface area contributed by atoms with Crippen molar-refractivity contribution in [1.82, 2.24) is 19.4 Å². The number of carbonyl (C=O) groups excluding carboxylic acids is 1. The van der Waals surface area contributed by atoms with Crippen LogP contribution in [0.1, 0.15) is 18.4 Å². The molecule has 1 aromatic carbocycles. The average Bonchev–Trinajstić information content (AvgIpc) is 2.97. The molecule has 0 spiro atoms. The highest BCUT2D eigenvalue weighted by atomic mass is 32.1. The van der Waals surface area contributed by atoms with E-state index in [-0.39, 0.29) is 11.7 Å². The van der Waals surface area contributed by atoms with Crippen LogP contribution in [0.4, 0.5) is 10.2 Å². The molecule has 0 aliphatic heterocycles. The molecule has 1 aliphatic carbocycles. The number of benzene rings is 1. The van der Waals surface area contributed by atoms with E-state index in [1.165, 1.54) is 17.6 Å². The molecular weight excluding hydrogens is 317 g/mol. The van der Waals surface area contributed by atoms with E-state index in [9.17, 15) is 9.18 Å². The number of carbonyl (C=O) groups is 1. The lowest BCUT2D eigenvalue weighted by Crippen LogP contribution is -2.28. The maximum atomic E-state index is 14.0. The highest BCUT2D eigenvalue weighted by Crippen LogP contribution is 2.49. The van der Waals surface area contributed by atoms with Crippen LogP contribution in [0.25, 0.3) is 5.00 Å². The Morgan fingerprint density at radius 3 is 2.83 bits per heavy atom. The number of rotatable bonds is 4. The molecule has 23 heavy (non-hydrogen) atoms.